The summed E-state index contributed by atoms with van der Waals surface area (Å²) in [7, 11) is 0. The summed E-state index contributed by atoms with van der Waals surface area (Å²) in [6, 6.07) is 16.2. The zero-order valence-electron chi connectivity index (χ0n) is 9.75. The van der Waals surface area contributed by atoms with Crippen LogP contribution in [0.5, 0.6) is 0 Å². The van der Waals surface area contributed by atoms with Gasteiger partial charge in [-0.05, 0) is 23.3 Å². The first-order chi connectivity index (χ1) is 8.83. The maximum absolute atomic E-state index is 6.00. The van der Waals surface area contributed by atoms with E-state index in [0.717, 1.165) is 16.1 Å². The minimum Gasteiger partial charge on any atom is -0.280 e. The lowest BCUT2D eigenvalue weighted by atomic mass is 10.1. The Kier molecular flexibility index (Phi) is 2.99. The van der Waals surface area contributed by atoms with Crippen LogP contribution in [0.15, 0.2) is 59.6 Å². The van der Waals surface area contributed by atoms with Crippen LogP contribution in [0.4, 0.5) is 0 Å². The van der Waals surface area contributed by atoms with Crippen LogP contribution < -0.4 is 0 Å². The van der Waals surface area contributed by atoms with Gasteiger partial charge in [0.05, 0.1) is 6.04 Å². The fourth-order valence-electron chi connectivity index (χ4n) is 2.06. The molecule has 1 unspecified atom stereocenters. The normalized spacial score (nSPS) is 17.3. The van der Waals surface area contributed by atoms with Gasteiger partial charge in [0, 0.05) is 16.8 Å². The van der Waals surface area contributed by atoms with Gasteiger partial charge in [-0.3, -0.25) is 4.99 Å². The van der Waals surface area contributed by atoms with Crippen LogP contribution in [0.1, 0.15) is 22.7 Å². The van der Waals surface area contributed by atoms with E-state index in [1.807, 2.05) is 42.6 Å². The number of hydrogen-bond donors (Lipinski definition) is 0. The highest BCUT2D eigenvalue weighted by Crippen LogP contribution is 2.25. The van der Waals surface area contributed by atoms with E-state index in [0.29, 0.717) is 0 Å². The lowest BCUT2D eigenvalue weighted by molar-refractivity contribution is 0.925. The van der Waals surface area contributed by atoms with Crippen molar-refractivity contribution in [2.45, 2.75) is 6.04 Å². The third kappa shape index (κ3) is 2.22. The molecule has 0 fully saturated rings. The van der Waals surface area contributed by atoms with Crippen LogP contribution in [0.2, 0.25) is 5.02 Å². The molecule has 1 heterocycles. The first-order valence-corrected chi connectivity index (χ1v) is 6.26. The van der Waals surface area contributed by atoms with Crippen molar-refractivity contribution in [2.75, 3.05) is 0 Å². The summed E-state index contributed by atoms with van der Waals surface area (Å²) < 4.78 is 0. The van der Waals surface area contributed by atoms with Gasteiger partial charge in [-0.25, -0.2) is 0 Å². The molecular formula is C16H12ClN. The predicted octanol–water partition coefficient (Wildman–Crippen LogP) is 4.53. The molecule has 88 valence electrons. The zero-order chi connectivity index (χ0) is 12.4. The predicted molar refractivity (Wildman–Crippen MR) is 77.3 cm³/mol. The molecule has 3 rings (SSSR count). The molecule has 0 aromatic heterocycles. The molecule has 1 aliphatic heterocycles. The summed E-state index contributed by atoms with van der Waals surface area (Å²) in [6.45, 7) is 0. The molecule has 2 heteroatoms. The van der Waals surface area contributed by atoms with Crippen molar-refractivity contribution in [1.82, 2.24) is 0 Å². The van der Waals surface area contributed by atoms with E-state index in [-0.39, 0.29) is 6.04 Å². The Morgan fingerprint density at radius 2 is 1.78 bits per heavy atom. The standard InChI is InChI=1S/C16H12ClN/c17-15-8-6-12-7-9-16(18-11-14(12)10-15)13-4-2-1-3-5-13/h1-11,16H. The van der Waals surface area contributed by atoms with E-state index in [2.05, 4.69) is 29.3 Å². The van der Waals surface area contributed by atoms with Crippen molar-refractivity contribution >= 4 is 23.9 Å². The Morgan fingerprint density at radius 3 is 2.61 bits per heavy atom. The van der Waals surface area contributed by atoms with E-state index in [9.17, 15) is 0 Å². The van der Waals surface area contributed by atoms with Gasteiger partial charge in [0.15, 0.2) is 0 Å². The largest absolute Gasteiger partial charge is 0.280 e. The highest BCUT2D eigenvalue weighted by atomic mass is 35.5. The molecule has 0 spiro atoms. The molecule has 1 aliphatic rings. The minimum absolute atomic E-state index is 0.0809. The van der Waals surface area contributed by atoms with Crippen LogP contribution in [-0.4, -0.2) is 6.21 Å². The number of aliphatic imine (C=N–C) groups is 1. The molecule has 1 atom stereocenters. The van der Waals surface area contributed by atoms with Gasteiger partial charge in [-0.1, -0.05) is 60.2 Å². The van der Waals surface area contributed by atoms with E-state index < -0.39 is 0 Å². The molecule has 0 N–H and O–H groups in total. The van der Waals surface area contributed by atoms with Crippen LogP contribution in [0.3, 0.4) is 0 Å². The lowest BCUT2D eigenvalue weighted by Crippen LogP contribution is -1.90. The average Bonchev–Trinajstić information content (AvgIpc) is 2.62. The summed E-state index contributed by atoms with van der Waals surface area (Å²) in [4.78, 5) is 4.61. The molecule has 0 amide bonds. The Labute approximate surface area is 111 Å². The van der Waals surface area contributed by atoms with Gasteiger partial charge in [-0.2, -0.15) is 0 Å². The molecule has 0 radical (unpaired) electrons. The number of halogens is 1. The van der Waals surface area contributed by atoms with Crippen LogP contribution in [0, 0.1) is 0 Å². The maximum atomic E-state index is 6.00. The van der Waals surface area contributed by atoms with Gasteiger partial charge < -0.3 is 0 Å². The van der Waals surface area contributed by atoms with Gasteiger partial charge in [0.25, 0.3) is 0 Å². The summed E-state index contributed by atoms with van der Waals surface area (Å²) in [5.74, 6) is 0. The molecule has 1 nitrogen and oxygen atoms in total. The van der Waals surface area contributed by atoms with E-state index in [4.69, 9.17) is 11.6 Å². The van der Waals surface area contributed by atoms with E-state index >= 15 is 0 Å². The Bertz CT molecular complexity index is 614. The molecule has 2 aromatic rings. The quantitative estimate of drug-likeness (QED) is 0.708. The number of nitrogens with zero attached hydrogens (tertiary/aromatic N) is 1. The summed E-state index contributed by atoms with van der Waals surface area (Å²) in [6.07, 6.45) is 6.13. The number of fused-ring (bicyclic) bond motifs is 1. The van der Waals surface area contributed by atoms with Crippen molar-refractivity contribution < 1.29 is 0 Å². The number of benzene rings is 2. The van der Waals surface area contributed by atoms with Gasteiger partial charge in [-0.15, -0.1) is 0 Å². The molecule has 0 saturated carbocycles. The summed E-state index contributed by atoms with van der Waals surface area (Å²) in [5, 5.41) is 0.742. The monoisotopic (exact) mass is 253 g/mol. The minimum atomic E-state index is 0.0809. The molecule has 0 saturated heterocycles. The van der Waals surface area contributed by atoms with Crippen LogP contribution >= 0.6 is 11.6 Å². The highest BCUT2D eigenvalue weighted by molar-refractivity contribution is 6.30. The second-order valence-corrected chi connectivity index (χ2v) is 4.70. The molecule has 0 bridgehead atoms. The number of hydrogen-bond acceptors (Lipinski definition) is 1. The summed E-state index contributed by atoms with van der Waals surface area (Å²) in [5.41, 5.74) is 3.42. The van der Waals surface area contributed by atoms with Crippen molar-refractivity contribution in [1.29, 1.82) is 0 Å². The maximum Gasteiger partial charge on any atom is 0.0933 e. The average molecular weight is 254 g/mol. The third-order valence-corrected chi connectivity index (χ3v) is 3.26. The fraction of sp³-hybridized carbons (Fsp3) is 0.0625. The molecular weight excluding hydrogens is 242 g/mol. The van der Waals surface area contributed by atoms with E-state index in [1.54, 1.807) is 0 Å². The van der Waals surface area contributed by atoms with Crippen LogP contribution in [0.25, 0.3) is 6.08 Å². The fourth-order valence-corrected chi connectivity index (χ4v) is 2.24. The number of rotatable bonds is 1. The third-order valence-electron chi connectivity index (χ3n) is 3.02. The SMILES string of the molecule is Clc1ccc2c(c1)C=NC(c1ccccc1)C=C2. The second kappa shape index (κ2) is 4.79. The van der Waals surface area contributed by atoms with Gasteiger partial charge in [0.2, 0.25) is 0 Å². The Hall–Kier alpha value is -1.86. The van der Waals surface area contributed by atoms with Crippen LogP contribution in [-0.2, 0) is 0 Å². The first-order valence-electron chi connectivity index (χ1n) is 5.89. The van der Waals surface area contributed by atoms with Gasteiger partial charge >= 0.3 is 0 Å². The Balaban J connectivity index is 2.00. The zero-order valence-corrected chi connectivity index (χ0v) is 10.5. The molecule has 2 aromatic carbocycles. The smallest absolute Gasteiger partial charge is 0.0933 e. The first kappa shape index (κ1) is 11.2. The lowest BCUT2D eigenvalue weighted by Gasteiger charge is -2.05. The molecule has 18 heavy (non-hydrogen) atoms. The highest BCUT2D eigenvalue weighted by Gasteiger charge is 2.09. The topological polar surface area (TPSA) is 12.4 Å². The van der Waals surface area contributed by atoms with E-state index in [1.165, 1.54) is 5.56 Å². The van der Waals surface area contributed by atoms with Crippen molar-refractivity contribution in [3.8, 4) is 0 Å². The van der Waals surface area contributed by atoms with Gasteiger partial charge in [0.1, 0.15) is 0 Å². The van der Waals surface area contributed by atoms with Crippen molar-refractivity contribution in [3.05, 3.63) is 76.3 Å². The molecule has 0 aliphatic carbocycles. The second-order valence-electron chi connectivity index (χ2n) is 4.27. The Morgan fingerprint density at radius 1 is 0.944 bits per heavy atom. The summed E-state index contributed by atoms with van der Waals surface area (Å²) >= 11 is 6.00. The van der Waals surface area contributed by atoms with Crippen molar-refractivity contribution in [2.24, 2.45) is 4.99 Å². The van der Waals surface area contributed by atoms with Crippen molar-refractivity contribution in [3.63, 3.8) is 0 Å².